The number of benzene rings is 1. The maximum atomic E-state index is 13.1. The van der Waals surface area contributed by atoms with E-state index in [4.69, 9.17) is 0 Å². The van der Waals surface area contributed by atoms with Crippen LogP contribution in [0.15, 0.2) is 48.2 Å². The zero-order valence-corrected chi connectivity index (χ0v) is 17.4. The number of aromatic nitrogens is 2. The van der Waals surface area contributed by atoms with Gasteiger partial charge in [-0.05, 0) is 54.7 Å². The average Bonchev–Trinajstić information content (AvgIpc) is 3.28. The number of hydrogen-bond donors (Lipinski definition) is 2. The number of aryl methyl sites for hydroxylation is 1. The molecule has 0 saturated heterocycles. The molecule has 3 aromatic rings. The van der Waals surface area contributed by atoms with Gasteiger partial charge in [0.15, 0.2) is 0 Å². The predicted molar refractivity (Wildman–Crippen MR) is 116 cm³/mol. The number of hydrogen-bond acceptors (Lipinski definition) is 6. The molecule has 1 aliphatic rings. The van der Waals surface area contributed by atoms with E-state index in [-0.39, 0.29) is 23.8 Å². The lowest BCUT2D eigenvalue weighted by atomic mass is 10.0. The summed E-state index contributed by atoms with van der Waals surface area (Å²) in [7, 11) is 0. The molecule has 1 fully saturated rings. The van der Waals surface area contributed by atoms with Gasteiger partial charge >= 0.3 is 0 Å². The summed E-state index contributed by atoms with van der Waals surface area (Å²) >= 11 is 1.46. The van der Waals surface area contributed by atoms with E-state index in [0.717, 1.165) is 18.4 Å². The molecule has 150 valence electrons. The average molecular weight is 408 g/mol. The number of thiophene rings is 1. The summed E-state index contributed by atoms with van der Waals surface area (Å²) in [6.07, 6.45) is 5.05. The number of carbonyl (C=O) groups excluding carboxylic acids is 1. The predicted octanol–water partition coefficient (Wildman–Crippen LogP) is 4.24. The van der Waals surface area contributed by atoms with E-state index in [1.165, 1.54) is 28.8 Å². The number of nitrogens with one attached hydrogen (secondary N) is 1. The van der Waals surface area contributed by atoms with Crippen LogP contribution in [-0.4, -0.2) is 33.0 Å². The first-order valence-electron chi connectivity index (χ1n) is 9.92. The highest BCUT2D eigenvalue weighted by Crippen LogP contribution is 2.29. The Kier molecular flexibility index (Phi) is 5.74. The zero-order chi connectivity index (χ0) is 20.4. The summed E-state index contributed by atoms with van der Waals surface area (Å²) in [6.45, 7) is 4.12. The van der Waals surface area contributed by atoms with Gasteiger partial charge in [-0.1, -0.05) is 36.8 Å². The standard InChI is InChI=1S/C23H25N3O2S/c1-14-4-3-5-16(6-14)8-17-9-21(29-12-17)22(28)19-11-24-13-25-23(19)26-18-7-15(2)20(27)10-18/h3-6,9,11-13,15,18,20,27H,7-8,10H2,1-2H3,(H,24,25,26)/t15-,18-,20+/m1/s1. The van der Waals surface area contributed by atoms with Crippen LogP contribution >= 0.6 is 11.3 Å². The highest BCUT2D eigenvalue weighted by atomic mass is 32.1. The Bertz CT molecular complexity index is 1010. The van der Waals surface area contributed by atoms with Crippen molar-refractivity contribution in [3.63, 3.8) is 0 Å². The van der Waals surface area contributed by atoms with Crippen LogP contribution in [0.3, 0.4) is 0 Å². The molecule has 0 unspecified atom stereocenters. The third-order valence-corrected chi connectivity index (χ3v) is 6.48. The van der Waals surface area contributed by atoms with Crippen molar-refractivity contribution in [3.05, 3.63) is 75.4 Å². The van der Waals surface area contributed by atoms with Gasteiger partial charge < -0.3 is 10.4 Å². The second-order valence-corrected chi connectivity index (χ2v) is 8.87. The van der Waals surface area contributed by atoms with Gasteiger partial charge in [-0.3, -0.25) is 4.79 Å². The molecule has 5 nitrogen and oxygen atoms in total. The summed E-state index contributed by atoms with van der Waals surface area (Å²) in [5.41, 5.74) is 4.08. The van der Waals surface area contributed by atoms with Gasteiger partial charge in [0.25, 0.3) is 0 Å². The summed E-state index contributed by atoms with van der Waals surface area (Å²) in [4.78, 5) is 22.2. The molecule has 4 rings (SSSR count). The van der Waals surface area contributed by atoms with Crippen LogP contribution in [0.5, 0.6) is 0 Å². The van der Waals surface area contributed by atoms with Crippen LogP contribution < -0.4 is 5.32 Å². The fourth-order valence-electron chi connectivity index (χ4n) is 3.93. The molecule has 0 aliphatic heterocycles. The van der Waals surface area contributed by atoms with Gasteiger partial charge in [-0.25, -0.2) is 9.97 Å². The first kappa shape index (κ1) is 19.7. The van der Waals surface area contributed by atoms with Crippen molar-refractivity contribution in [1.29, 1.82) is 0 Å². The lowest BCUT2D eigenvalue weighted by molar-refractivity contribution is 0.104. The van der Waals surface area contributed by atoms with Gasteiger partial charge in [0, 0.05) is 12.2 Å². The molecular formula is C23H25N3O2S. The Morgan fingerprint density at radius 3 is 2.90 bits per heavy atom. The van der Waals surface area contributed by atoms with E-state index in [9.17, 15) is 9.90 Å². The molecule has 2 heterocycles. The van der Waals surface area contributed by atoms with Crippen molar-refractivity contribution in [2.75, 3.05) is 5.32 Å². The molecule has 1 aliphatic carbocycles. The van der Waals surface area contributed by atoms with E-state index in [1.807, 2.05) is 18.4 Å². The molecular weight excluding hydrogens is 382 g/mol. The normalized spacial score (nSPS) is 21.3. The Morgan fingerprint density at radius 1 is 1.28 bits per heavy atom. The molecule has 1 saturated carbocycles. The van der Waals surface area contributed by atoms with Gasteiger partial charge in [-0.15, -0.1) is 11.3 Å². The van der Waals surface area contributed by atoms with Crippen molar-refractivity contribution in [3.8, 4) is 0 Å². The molecule has 3 atom stereocenters. The van der Waals surface area contributed by atoms with Crippen molar-refractivity contribution in [1.82, 2.24) is 9.97 Å². The maximum absolute atomic E-state index is 13.1. The lowest BCUT2D eigenvalue weighted by Crippen LogP contribution is -2.20. The van der Waals surface area contributed by atoms with Gasteiger partial charge in [-0.2, -0.15) is 0 Å². The summed E-state index contributed by atoms with van der Waals surface area (Å²) < 4.78 is 0. The largest absolute Gasteiger partial charge is 0.393 e. The SMILES string of the molecule is Cc1cccc(Cc2csc(C(=O)c3cncnc3N[C@@H]3C[C@@H](C)[C@@H](O)C3)c2)c1. The highest BCUT2D eigenvalue weighted by Gasteiger charge is 2.30. The Balaban J connectivity index is 1.51. The second-order valence-electron chi connectivity index (χ2n) is 7.96. The monoisotopic (exact) mass is 407 g/mol. The first-order valence-corrected chi connectivity index (χ1v) is 10.8. The molecule has 2 N–H and O–H groups in total. The number of aliphatic hydroxyl groups excluding tert-OH is 1. The fraction of sp³-hybridized carbons (Fsp3) is 0.348. The minimum atomic E-state index is -0.310. The Hall–Kier alpha value is -2.57. The van der Waals surface area contributed by atoms with Crippen molar-refractivity contribution in [2.45, 2.75) is 45.3 Å². The molecule has 2 aromatic heterocycles. The third-order valence-electron chi connectivity index (χ3n) is 5.51. The van der Waals surface area contributed by atoms with Crippen molar-refractivity contribution in [2.24, 2.45) is 5.92 Å². The first-order chi connectivity index (χ1) is 14.0. The third kappa shape index (κ3) is 4.54. The Labute approximate surface area is 174 Å². The number of carbonyl (C=O) groups is 1. The Morgan fingerprint density at radius 2 is 2.14 bits per heavy atom. The van der Waals surface area contributed by atoms with Crippen LogP contribution in [-0.2, 0) is 6.42 Å². The van der Waals surface area contributed by atoms with E-state index in [2.05, 4.69) is 46.5 Å². The zero-order valence-electron chi connectivity index (χ0n) is 16.6. The minimum Gasteiger partial charge on any atom is -0.393 e. The van der Waals surface area contributed by atoms with Crippen LogP contribution in [0.2, 0.25) is 0 Å². The quantitative estimate of drug-likeness (QED) is 0.598. The van der Waals surface area contributed by atoms with Crippen LogP contribution in [0, 0.1) is 12.8 Å². The van der Waals surface area contributed by atoms with Gasteiger partial charge in [0.2, 0.25) is 5.78 Å². The van der Waals surface area contributed by atoms with E-state index >= 15 is 0 Å². The number of rotatable bonds is 6. The topological polar surface area (TPSA) is 75.1 Å². The minimum absolute atomic E-state index is 0.0693. The van der Waals surface area contributed by atoms with E-state index in [1.54, 1.807) is 6.20 Å². The van der Waals surface area contributed by atoms with Crippen molar-refractivity contribution >= 4 is 22.9 Å². The summed E-state index contributed by atoms with van der Waals surface area (Å²) in [6, 6.07) is 10.5. The van der Waals surface area contributed by atoms with Crippen LogP contribution in [0.1, 0.15) is 51.7 Å². The number of ketones is 1. The lowest BCUT2D eigenvalue weighted by Gasteiger charge is -2.15. The van der Waals surface area contributed by atoms with E-state index < -0.39 is 0 Å². The summed E-state index contributed by atoms with van der Waals surface area (Å²) in [5, 5.41) is 15.4. The molecule has 1 aromatic carbocycles. The van der Waals surface area contributed by atoms with Gasteiger partial charge in [0.05, 0.1) is 16.5 Å². The highest BCUT2D eigenvalue weighted by molar-refractivity contribution is 7.12. The number of nitrogens with zero attached hydrogens (tertiary/aromatic N) is 2. The second kappa shape index (κ2) is 8.43. The van der Waals surface area contributed by atoms with Crippen LogP contribution in [0.25, 0.3) is 0 Å². The van der Waals surface area contributed by atoms with E-state index in [0.29, 0.717) is 22.7 Å². The fourth-order valence-corrected chi connectivity index (χ4v) is 4.79. The molecule has 0 spiro atoms. The molecule has 29 heavy (non-hydrogen) atoms. The van der Waals surface area contributed by atoms with Crippen LogP contribution in [0.4, 0.5) is 5.82 Å². The molecule has 0 bridgehead atoms. The molecule has 6 heteroatoms. The molecule has 0 radical (unpaired) electrons. The smallest absolute Gasteiger partial charge is 0.208 e. The summed E-state index contributed by atoms with van der Waals surface area (Å²) in [5.74, 6) is 0.722. The van der Waals surface area contributed by atoms with Crippen molar-refractivity contribution < 1.29 is 9.90 Å². The number of anilines is 1. The van der Waals surface area contributed by atoms with Gasteiger partial charge in [0.1, 0.15) is 12.1 Å². The maximum Gasteiger partial charge on any atom is 0.208 e. The molecule has 0 amide bonds. The number of aliphatic hydroxyl groups is 1.